The second-order valence-corrected chi connectivity index (χ2v) is 2.63. The highest BCUT2D eigenvalue weighted by Crippen LogP contribution is 1.91. The molecule has 12 heavy (non-hydrogen) atoms. The average Bonchev–Trinajstić information content (AvgIpc) is 2.15. The summed E-state index contributed by atoms with van der Waals surface area (Å²) in [6.45, 7) is 3.27. The van der Waals surface area contributed by atoms with E-state index in [0.717, 1.165) is 26.2 Å². The zero-order chi connectivity index (χ0) is 8.81. The molecule has 1 saturated heterocycles. The summed E-state index contributed by atoms with van der Waals surface area (Å²) in [5.41, 5.74) is 0. The molecule has 0 aliphatic carbocycles. The number of nitrogens with one attached hydrogen (secondary N) is 2. The van der Waals surface area contributed by atoms with Gasteiger partial charge in [0.15, 0.2) is 0 Å². The van der Waals surface area contributed by atoms with E-state index in [4.69, 9.17) is 0 Å². The van der Waals surface area contributed by atoms with Crippen molar-refractivity contribution in [1.29, 1.82) is 0 Å². The molecular formula is C7H13N3O2. The molecule has 0 aromatic carbocycles. The van der Waals surface area contributed by atoms with Gasteiger partial charge in [-0.05, 0) is 0 Å². The highest BCUT2D eigenvalue weighted by molar-refractivity contribution is 5.80. The Balaban J connectivity index is 2.24. The van der Waals surface area contributed by atoms with Gasteiger partial charge >= 0.3 is 0 Å². The Hall–Kier alpha value is -1.10. The molecule has 1 aliphatic rings. The average molecular weight is 171 g/mol. The Labute approximate surface area is 71.1 Å². The molecule has 5 nitrogen and oxygen atoms in total. The van der Waals surface area contributed by atoms with Crippen LogP contribution in [0.5, 0.6) is 0 Å². The number of rotatable bonds is 3. The molecule has 1 heterocycles. The molecule has 0 bridgehead atoms. The maximum atomic E-state index is 11.2. The largest absolute Gasteiger partial charge is 0.350 e. The van der Waals surface area contributed by atoms with Gasteiger partial charge in [-0.3, -0.25) is 9.59 Å². The summed E-state index contributed by atoms with van der Waals surface area (Å²) in [7, 11) is 0. The van der Waals surface area contributed by atoms with Crippen LogP contribution in [-0.2, 0) is 9.59 Å². The molecule has 0 aromatic rings. The van der Waals surface area contributed by atoms with Crippen molar-refractivity contribution in [3.8, 4) is 0 Å². The van der Waals surface area contributed by atoms with Crippen molar-refractivity contribution < 1.29 is 9.59 Å². The molecule has 0 aromatic heterocycles. The molecule has 0 spiro atoms. The maximum Gasteiger partial charge on any atom is 0.242 e. The minimum absolute atomic E-state index is 0.0106. The van der Waals surface area contributed by atoms with E-state index in [0.29, 0.717) is 6.41 Å². The third-order valence-electron chi connectivity index (χ3n) is 1.81. The summed E-state index contributed by atoms with van der Waals surface area (Å²) >= 11 is 0. The van der Waals surface area contributed by atoms with E-state index in [1.54, 1.807) is 4.90 Å². The van der Waals surface area contributed by atoms with Gasteiger partial charge in [-0.25, -0.2) is 0 Å². The zero-order valence-electron chi connectivity index (χ0n) is 6.88. The Morgan fingerprint density at radius 2 is 2.17 bits per heavy atom. The van der Waals surface area contributed by atoms with Crippen molar-refractivity contribution in [1.82, 2.24) is 15.5 Å². The SMILES string of the molecule is O=CNCC(=O)N1CCNCC1. The van der Waals surface area contributed by atoms with Crippen LogP contribution in [-0.4, -0.2) is 49.9 Å². The van der Waals surface area contributed by atoms with Crippen LogP contribution in [0.15, 0.2) is 0 Å². The molecule has 68 valence electrons. The number of amides is 2. The number of nitrogens with zero attached hydrogens (tertiary/aromatic N) is 1. The Morgan fingerprint density at radius 3 is 2.75 bits per heavy atom. The molecule has 2 N–H and O–H groups in total. The highest BCUT2D eigenvalue weighted by Gasteiger charge is 2.14. The third kappa shape index (κ3) is 2.50. The lowest BCUT2D eigenvalue weighted by atomic mass is 10.3. The predicted molar refractivity (Wildman–Crippen MR) is 43.5 cm³/mol. The van der Waals surface area contributed by atoms with Crippen molar-refractivity contribution in [2.75, 3.05) is 32.7 Å². The van der Waals surface area contributed by atoms with Gasteiger partial charge in [0, 0.05) is 26.2 Å². The molecule has 0 radical (unpaired) electrons. The van der Waals surface area contributed by atoms with Gasteiger partial charge in [-0.1, -0.05) is 0 Å². The Morgan fingerprint density at radius 1 is 1.50 bits per heavy atom. The molecule has 1 rings (SSSR count). The van der Waals surface area contributed by atoms with Crippen LogP contribution in [0.4, 0.5) is 0 Å². The summed E-state index contributed by atoms with van der Waals surface area (Å²) in [6, 6.07) is 0. The normalized spacial score (nSPS) is 17.2. The summed E-state index contributed by atoms with van der Waals surface area (Å²) in [6.07, 6.45) is 0.542. The lowest BCUT2D eigenvalue weighted by Gasteiger charge is -2.27. The van der Waals surface area contributed by atoms with Crippen molar-refractivity contribution in [3.05, 3.63) is 0 Å². The fraction of sp³-hybridized carbons (Fsp3) is 0.714. The van der Waals surface area contributed by atoms with E-state index in [2.05, 4.69) is 10.6 Å². The summed E-state index contributed by atoms with van der Waals surface area (Å²) in [5, 5.41) is 5.49. The Bertz CT molecular complexity index is 166. The van der Waals surface area contributed by atoms with Gasteiger partial charge in [0.1, 0.15) is 0 Å². The summed E-state index contributed by atoms with van der Waals surface area (Å²) in [5.74, 6) is -0.0106. The number of hydrogen-bond acceptors (Lipinski definition) is 3. The number of hydrogen-bond donors (Lipinski definition) is 2. The molecule has 1 fully saturated rings. The van der Waals surface area contributed by atoms with Crippen LogP contribution in [0.3, 0.4) is 0 Å². The molecule has 0 atom stereocenters. The molecule has 2 amide bonds. The standard InChI is InChI=1S/C7H13N3O2/c11-6-9-5-7(12)10-3-1-8-2-4-10/h6,8H,1-5H2,(H,9,11). The minimum Gasteiger partial charge on any atom is -0.350 e. The van der Waals surface area contributed by atoms with Crippen LogP contribution in [0, 0.1) is 0 Å². The van der Waals surface area contributed by atoms with Crippen LogP contribution in [0.2, 0.25) is 0 Å². The molecule has 0 saturated carbocycles. The molecular weight excluding hydrogens is 158 g/mol. The van der Waals surface area contributed by atoms with E-state index >= 15 is 0 Å². The maximum absolute atomic E-state index is 11.2. The monoisotopic (exact) mass is 171 g/mol. The smallest absolute Gasteiger partial charge is 0.242 e. The summed E-state index contributed by atoms with van der Waals surface area (Å²) < 4.78 is 0. The quantitative estimate of drug-likeness (QED) is 0.491. The molecule has 1 aliphatic heterocycles. The summed E-state index contributed by atoms with van der Waals surface area (Å²) in [4.78, 5) is 22.9. The first kappa shape index (κ1) is 8.99. The second-order valence-electron chi connectivity index (χ2n) is 2.63. The van der Waals surface area contributed by atoms with Crippen molar-refractivity contribution in [3.63, 3.8) is 0 Å². The van der Waals surface area contributed by atoms with Gasteiger partial charge in [0.05, 0.1) is 6.54 Å². The van der Waals surface area contributed by atoms with Gasteiger partial charge in [-0.2, -0.15) is 0 Å². The van der Waals surface area contributed by atoms with E-state index in [1.165, 1.54) is 0 Å². The predicted octanol–water partition coefficient (Wildman–Crippen LogP) is -1.84. The van der Waals surface area contributed by atoms with Crippen LogP contribution < -0.4 is 10.6 Å². The van der Waals surface area contributed by atoms with Crippen molar-refractivity contribution in [2.24, 2.45) is 0 Å². The molecule has 0 unspecified atom stereocenters. The van der Waals surface area contributed by atoms with Crippen LogP contribution >= 0.6 is 0 Å². The van der Waals surface area contributed by atoms with E-state index in [9.17, 15) is 9.59 Å². The number of carbonyl (C=O) groups is 2. The first-order valence-electron chi connectivity index (χ1n) is 4.00. The number of piperazine rings is 1. The fourth-order valence-electron chi connectivity index (χ4n) is 1.16. The zero-order valence-corrected chi connectivity index (χ0v) is 6.88. The second kappa shape index (κ2) is 4.71. The van der Waals surface area contributed by atoms with Crippen molar-refractivity contribution >= 4 is 12.3 Å². The van der Waals surface area contributed by atoms with E-state index in [-0.39, 0.29) is 12.5 Å². The first-order chi connectivity index (χ1) is 5.84. The molecule has 5 heteroatoms. The van der Waals surface area contributed by atoms with Gasteiger partial charge < -0.3 is 15.5 Å². The topological polar surface area (TPSA) is 61.4 Å². The number of carbonyl (C=O) groups excluding carboxylic acids is 2. The Kier molecular flexibility index (Phi) is 3.53. The van der Waals surface area contributed by atoms with Gasteiger partial charge in [-0.15, -0.1) is 0 Å². The highest BCUT2D eigenvalue weighted by atomic mass is 16.2. The van der Waals surface area contributed by atoms with Gasteiger partial charge in [0.2, 0.25) is 12.3 Å². The van der Waals surface area contributed by atoms with Crippen LogP contribution in [0.25, 0.3) is 0 Å². The van der Waals surface area contributed by atoms with Crippen molar-refractivity contribution in [2.45, 2.75) is 0 Å². The van der Waals surface area contributed by atoms with Crippen LogP contribution in [0.1, 0.15) is 0 Å². The first-order valence-corrected chi connectivity index (χ1v) is 4.00. The lowest BCUT2D eigenvalue weighted by molar-refractivity contribution is -0.131. The van der Waals surface area contributed by atoms with E-state index < -0.39 is 0 Å². The minimum atomic E-state index is -0.0106. The van der Waals surface area contributed by atoms with Gasteiger partial charge in [0.25, 0.3) is 0 Å². The van der Waals surface area contributed by atoms with E-state index in [1.807, 2.05) is 0 Å². The fourth-order valence-corrected chi connectivity index (χ4v) is 1.16. The third-order valence-corrected chi connectivity index (χ3v) is 1.81. The lowest BCUT2D eigenvalue weighted by Crippen LogP contribution is -2.48.